The number of hydrogen-bond acceptors (Lipinski definition) is 5. The lowest BCUT2D eigenvalue weighted by molar-refractivity contribution is 0.00578. The van der Waals surface area contributed by atoms with Crippen LogP contribution in [0.5, 0.6) is 0 Å². The molecule has 30 heavy (non-hydrogen) atoms. The Morgan fingerprint density at radius 3 is 2.23 bits per heavy atom. The van der Waals surface area contributed by atoms with Crippen molar-refractivity contribution in [2.75, 3.05) is 6.54 Å². The molecule has 0 spiro atoms. The number of carbonyl (C=O) groups excluding carboxylic acids is 2. The monoisotopic (exact) mass is 419 g/mol. The number of aldehydes is 1. The molecule has 1 aliphatic rings. The lowest BCUT2D eigenvalue weighted by Gasteiger charge is -2.32. The van der Waals surface area contributed by atoms with Gasteiger partial charge in [-0.15, -0.1) is 0 Å². The second-order valence-electron chi connectivity index (χ2n) is 9.47. The fourth-order valence-corrected chi connectivity index (χ4v) is 2.90. The van der Waals surface area contributed by atoms with Crippen molar-refractivity contribution in [3.05, 3.63) is 40.1 Å². The van der Waals surface area contributed by atoms with Crippen molar-refractivity contribution in [1.82, 2.24) is 5.32 Å². The smallest absolute Gasteiger partial charge is 0.444 e. The molecular weight excluding hydrogens is 388 g/mol. The highest BCUT2D eigenvalue weighted by Gasteiger charge is 2.52. The van der Waals surface area contributed by atoms with Gasteiger partial charge in [0, 0.05) is 6.54 Å². The third-order valence-corrected chi connectivity index (χ3v) is 5.29. The number of rotatable bonds is 5. The van der Waals surface area contributed by atoms with Crippen LogP contribution in [0.1, 0.15) is 70.0 Å². The molecule has 1 heterocycles. The Bertz CT molecular complexity index is 842. The molecule has 164 valence electrons. The van der Waals surface area contributed by atoms with Crippen LogP contribution in [-0.4, -0.2) is 42.8 Å². The fourth-order valence-electron chi connectivity index (χ4n) is 2.90. The van der Waals surface area contributed by atoms with E-state index in [0.717, 1.165) is 0 Å². The van der Waals surface area contributed by atoms with Gasteiger partial charge in [-0.1, -0.05) is 12.1 Å². The standard InChI is InChI=1S/C22H31BFNO5/c1-14-9-10-18(24)17(13-26)16(14)11-15(12-25-19(27)28-20(2,3)4)23-29-21(5,6)22(7,8)30-23/h9-11,13H,12H2,1-8H3,(H,25,27). The van der Waals surface area contributed by atoms with Crippen molar-refractivity contribution < 1.29 is 28.0 Å². The maximum absolute atomic E-state index is 14.2. The van der Waals surface area contributed by atoms with Crippen LogP contribution in [0.25, 0.3) is 6.08 Å². The largest absolute Gasteiger partial charge is 0.492 e. The molecule has 1 fully saturated rings. The fraction of sp³-hybridized carbons (Fsp3) is 0.545. The zero-order valence-electron chi connectivity index (χ0n) is 19.0. The van der Waals surface area contributed by atoms with Crippen molar-refractivity contribution in [2.45, 2.75) is 72.2 Å². The molecule has 8 heteroatoms. The van der Waals surface area contributed by atoms with Crippen LogP contribution in [0, 0.1) is 12.7 Å². The van der Waals surface area contributed by atoms with Crippen LogP contribution in [0.3, 0.4) is 0 Å². The highest BCUT2D eigenvalue weighted by atomic mass is 19.1. The van der Waals surface area contributed by atoms with Crippen molar-refractivity contribution in [2.24, 2.45) is 0 Å². The summed E-state index contributed by atoms with van der Waals surface area (Å²) in [7, 11) is -0.785. The zero-order chi connectivity index (χ0) is 22.9. The topological polar surface area (TPSA) is 73.9 Å². The van der Waals surface area contributed by atoms with Crippen molar-refractivity contribution in [3.8, 4) is 0 Å². The number of carbonyl (C=O) groups is 2. The number of hydrogen-bond donors (Lipinski definition) is 1. The van der Waals surface area contributed by atoms with E-state index in [4.69, 9.17) is 14.0 Å². The number of alkyl carbamates (subject to hydrolysis) is 1. The van der Waals surface area contributed by atoms with Crippen molar-refractivity contribution in [3.63, 3.8) is 0 Å². The summed E-state index contributed by atoms with van der Waals surface area (Å²) in [6.45, 7) is 14.8. The molecule has 0 aromatic heterocycles. The van der Waals surface area contributed by atoms with Gasteiger partial charge in [0.1, 0.15) is 11.4 Å². The average molecular weight is 419 g/mol. The molecule has 1 saturated heterocycles. The predicted molar refractivity (Wildman–Crippen MR) is 115 cm³/mol. The van der Waals surface area contributed by atoms with Gasteiger partial charge in [-0.25, -0.2) is 9.18 Å². The number of nitrogens with one attached hydrogen (secondary N) is 1. The molecule has 1 aromatic rings. The second kappa shape index (κ2) is 8.51. The summed E-state index contributed by atoms with van der Waals surface area (Å²) in [5, 5.41) is 2.69. The summed E-state index contributed by atoms with van der Waals surface area (Å²) in [5.41, 5.74) is -0.245. The molecule has 1 aromatic carbocycles. The molecular formula is C22H31BFNO5. The molecule has 1 aliphatic heterocycles. The maximum Gasteiger partial charge on any atom is 0.492 e. The normalized spacial score (nSPS) is 18.3. The molecule has 1 N–H and O–H groups in total. The highest BCUT2D eigenvalue weighted by molar-refractivity contribution is 6.56. The van der Waals surface area contributed by atoms with Gasteiger partial charge in [0.05, 0.1) is 16.8 Å². The minimum absolute atomic E-state index is 0.0417. The van der Waals surface area contributed by atoms with Crippen molar-refractivity contribution in [1.29, 1.82) is 0 Å². The number of halogens is 1. The molecule has 2 rings (SSSR count). The molecule has 6 nitrogen and oxygen atoms in total. The molecule has 1 amide bonds. The minimum atomic E-state index is -0.785. The lowest BCUT2D eigenvalue weighted by atomic mass is 9.76. The van der Waals surface area contributed by atoms with Crippen LogP contribution in [0.15, 0.2) is 17.6 Å². The number of amides is 1. The Balaban J connectivity index is 2.43. The Labute approximate surface area is 178 Å². The van der Waals surface area contributed by atoms with E-state index in [9.17, 15) is 14.0 Å². The Morgan fingerprint density at radius 2 is 1.73 bits per heavy atom. The first-order chi connectivity index (χ1) is 13.7. The summed E-state index contributed by atoms with van der Waals surface area (Å²) < 4.78 is 31.7. The van der Waals surface area contributed by atoms with Gasteiger partial charge < -0.3 is 19.4 Å². The third-order valence-electron chi connectivity index (χ3n) is 5.29. The van der Waals surface area contributed by atoms with Crippen LogP contribution < -0.4 is 5.32 Å². The average Bonchev–Trinajstić information content (AvgIpc) is 2.80. The van der Waals surface area contributed by atoms with E-state index in [1.807, 2.05) is 27.7 Å². The Kier molecular flexibility index (Phi) is 6.84. The number of aryl methyl sites for hydroxylation is 1. The van der Waals surface area contributed by atoms with Gasteiger partial charge in [-0.3, -0.25) is 4.79 Å². The molecule has 0 bridgehead atoms. The lowest BCUT2D eigenvalue weighted by Crippen LogP contribution is -2.41. The van der Waals surface area contributed by atoms with E-state index in [1.165, 1.54) is 6.07 Å². The highest BCUT2D eigenvalue weighted by Crippen LogP contribution is 2.39. The number of benzene rings is 1. The minimum Gasteiger partial charge on any atom is -0.444 e. The summed E-state index contributed by atoms with van der Waals surface area (Å²) >= 11 is 0. The van der Waals surface area contributed by atoms with E-state index in [1.54, 1.807) is 39.8 Å². The maximum atomic E-state index is 14.2. The van der Waals surface area contributed by atoms with E-state index >= 15 is 0 Å². The SMILES string of the molecule is Cc1ccc(F)c(C=O)c1C=C(CNC(=O)OC(C)(C)C)B1OC(C)(C)C(C)(C)O1. The molecule has 0 aliphatic carbocycles. The van der Waals surface area contributed by atoms with E-state index in [-0.39, 0.29) is 12.1 Å². The summed E-state index contributed by atoms with van der Waals surface area (Å²) in [6.07, 6.45) is 1.52. The van der Waals surface area contributed by atoms with Crippen LogP contribution in [0.2, 0.25) is 0 Å². The van der Waals surface area contributed by atoms with E-state index in [2.05, 4.69) is 5.32 Å². The van der Waals surface area contributed by atoms with Gasteiger partial charge in [0.2, 0.25) is 0 Å². The summed E-state index contributed by atoms with van der Waals surface area (Å²) in [6, 6.07) is 2.85. The quantitative estimate of drug-likeness (QED) is 0.563. The Hall–Kier alpha value is -2.19. The van der Waals surface area contributed by atoms with Gasteiger partial charge in [0.25, 0.3) is 0 Å². The summed E-state index contributed by atoms with van der Waals surface area (Å²) in [5.74, 6) is -0.616. The second-order valence-corrected chi connectivity index (χ2v) is 9.47. The van der Waals surface area contributed by atoms with Gasteiger partial charge in [-0.2, -0.15) is 0 Å². The van der Waals surface area contributed by atoms with Crippen molar-refractivity contribution >= 4 is 25.6 Å². The molecule has 0 saturated carbocycles. The number of ether oxygens (including phenoxy) is 1. The zero-order valence-corrected chi connectivity index (χ0v) is 19.0. The van der Waals surface area contributed by atoms with Gasteiger partial charge in [-0.05, 0) is 78.1 Å². The van der Waals surface area contributed by atoms with Gasteiger partial charge >= 0.3 is 13.2 Å². The van der Waals surface area contributed by atoms with Crippen LogP contribution in [-0.2, 0) is 14.0 Å². The van der Waals surface area contributed by atoms with E-state index in [0.29, 0.717) is 22.9 Å². The molecule has 0 unspecified atom stereocenters. The van der Waals surface area contributed by atoms with Gasteiger partial charge in [0.15, 0.2) is 6.29 Å². The first kappa shape index (κ1) is 24.1. The summed E-state index contributed by atoms with van der Waals surface area (Å²) in [4.78, 5) is 23.7. The van der Waals surface area contributed by atoms with Crippen LogP contribution in [0.4, 0.5) is 9.18 Å². The molecule has 0 radical (unpaired) electrons. The first-order valence-electron chi connectivity index (χ1n) is 9.94. The van der Waals surface area contributed by atoms with E-state index < -0.39 is 35.8 Å². The predicted octanol–water partition coefficient (Wildman–Crippen LogP) is 4.49. The van der Waals surface area contributed by atoms with Crippen LogP contribution >= 0.6 is 0 Å². The first-order valence-corrected chi connectivity index (χ1v) is 9.94. The third kappa shape index (κ3) is 5.49. The Morgan fingerprint density at radius 1 is 1.17 bits per heavy atom. The molecule has 0 atom stereocenters.